The summed E-state index contributed by atoms with van der Waals surface area (Å²) in [6.07, 6.45) is 2.31. The summed E-state index contributed by atoms with van der Waals surface area (Å²) in [4.78, 5) is 17.0. The number of hydrogen-bond donors (Lipinski definition) is 1. The second-order valence-corrected chi connectivity index (χ2v) is 5.81. The standard InChI is InChI=1S/C16H19NO4/c1-9-6-10-7-12-11(4-5-13(17-12)20-2)16(8-9,14(10)18)15(19)21-3/h4-6,10,14,18H,7-8H2,1-3H3. The predicted octanol–water partition coefficient (Wildman–Crippen LogP) is 1.38. The Morgan fingerprint density at radius 3 is 2.86 bits per heavy atom. The van der Waals surface area contributed by atoms with E-state index in [1.807, 2.05) is 19.1 Å². The molecular formula is C16H19NO4. The Kier molecular flexibility index (Phi) is 3.24. The third-order valence-electron chi connectivity index (χ3n) is 4.58. The van der Waals surface area contributed by atoms with Crippen LogP contribution in [0.2, 0.25) is 0 Å². The number of aliphatic hydroxyl groups excluding tert-OH is 1. The summed E-state index contributed by atoms with van der Waals surface area (Å²) in [5, 5.41) is 10.7. The number of methoxy groups -OCH3 is 2. The van der Waals surface area contributed by atoms with Gasteiger partial charge in [0, 0.05) is 17.7 Å². The SMILES string of the molecule is COC(=O)C12CC(C)=CC(Cc3nc(OC)ccc31)C2O. The lowest BCUT2D eigenvalue weighted by Gasteiger charge is -2.46. The van der Waals surface area contributed by atoms with Gasteiger partial charge in [-0.05, 0) is 25.3 Å². The number of ether oxygens (including phenoxy) is 2. The molecular weight excluding hydrogens is 270 g/mol. The Labute approximate surface area is 123 Å². The maximum absolute atomic E-state index is 12.5. The van der Waals surface area contributed by atoms with Gasteiger partial charge in [0.1, 0.15) is 5.41 Å². The van der Waals surface area contributed by atoms with Crippen LogP contribution in [0.4, 0.5) is 0 Å². The monoisotopic (exact) mass is 289 g/mol. The smallest absolute Gasteiger partial charge is 0.319 e. The lowest BCUT2D eigenvalue weighted by Crippen LogP contribution is -2.56. The predicted molar refractivity (Wildman–Crippen MR) is 76.1 cm³/mol. The van der Waals surface area contributed by atoms with Crippen LogP contribution in [-0.2, 0) is 21.4 Å². The summed E-state index contributed by atoms with van der Waals surface area (Å²) in [5.74, 6) is -0.00532. The maximum Gasteiger partial charge on any atom is 0.319 e. The van der Waals surface area contributed by atoms with Gasteiger partial charge in [-0.1, -0.05) is 17.7 Å². The summed E-state index contributed by atoms with van der Waals surface area (Å²) in [6.45, 7) is 1.98. The van der Waals surface area contributed by atoms with E-state index in [4.69, 9.17) is 9.47 Å². The van der Waals surface area contributed by atoms with Gasteiger partial charge in [-0.15, -0.1) is 0 Å². The first kappa shape index (κ1) is 14.1. The van der Waals surface area contributed by atoms with Crippen molar-refractivity contribution < 1.29 is 19.4 Å². The molecule has 0 aromatic carbocycles. The summed E-state index contributed by atoms with van der Waals surface area (Å²) < 4.78 is 10.2. The number of pyridine rings is 1. The van der Waals surface area contributed by atoms with Crippen LogP contribution in [0.3, 0.4) is 0 Å². The highest BCUT2D eigenvalue weighted by molar-refractivity contribution is 5.86. The first-order valence-electron chi connectivity index (χ1n) is 7.01. The van der Waals surface area contributed by atoms with E-state index in [-0.39, 0.29) is 5.92 Å². The second-order valence-electron chi connectivity index (χ2n) is 5.81. The third-order valence-corrected chi connectivity index (χ3v) is 4.58. The average Bonchev–Trinajstić information content (AvgIpc) is 2.48. The van der Waals surface area contributed by atoms with Gasteiger partial charge < -0.3 is 14.6 Å². The molecule has 5 heteroatoms. The lowest BCUT2D eigenvalue weighted by atomic mass is 9.59. The van der Waals surface area contributed by atoms with Crippen molar-refractivity contribution in [2.24, 2.45) is 5.92 Å². The zero-order valence-corrected chi connectivity index (χ0v) is 12.4. The van der Waals surface area contributed by atoms with Crippen LogP contribution in [0.5, 0.6) is 5.88 Å². The van der Waals surface area contributed by atoms with Crippen LogP contribution in [0.15, 0.2) is 23.8 Å². The van der Waals surface area contributed by atoms with E-state index in [9.17, 15) is 9.90 Å². The highest BCUT2D eigenvalue weighted by Crippen LogP contribution is 2.48. The van der Waals surface area contributed by atoms with Crippen molar-refractivity contribution in [1.82, 2.24) is 4.98 Å². The zero-order chi connectivity index (χ0) is 15.2. The normalized spacial score (nSPS) is 30.2. The van der Waals surface area contributed by atoms with Gasteiger partial charge >= 0.3 is 5.97 Å². The van der Waals surface area contributed by atoms with Crippen molar-refractivity contribution in [2.45, 2.75) is 31.3 Å². The molecule has 1 aromatic rings. The van der Waals surface area contributed by atoms with Crippen molar-refractivity contribution in [3.05, 3.63) is 35.0 Å². The summed E-state index contributed by atoms with van der Waals surface area (Å²) >= 11 is 0. The molecule has 21 heavy (non-hydrogen) atoms. The maximum atomic E-state index is 12.5. The van der Waals surface area contributed by atoms with Crippen LogP contribution < -0.4 is 4.74 Å². The lowest BCUT2D eigenvalue weighted by molar-refractivity contribution is -0.155. The molecule has 0 aliphatic heterocycles. The molecule has 112 valence electrons. The minimum atomic E-state index is -1.05. The molecule has 0 fully saturated rings. The first-order valence-corrected chi connectivity index (χ1v) is 7.01. The summed E-state index contributed by atoms with van der Waals surface area (Å²) in [6, 6.07) is 3.56. The van der Waals surface area contributed by atoms with E-state index in [0.717, 1.165) is 16.8 Å². The largest absolute Gasteiger partial charge is 0.481 e. The number of rotatable bonds is 2. The molecule has 1 aromatic heterocycles. The highest BCUT2D eigenvalue weighted by Gasteiger charge is 2.56. The van der Waals surface area contributed by atoms with E-state index < -0.39 is 17.5 Å². The van der Waals surface area contributed by atoms with Gasteiger partial charge in [-0.25, -0.2) is 4.98 Å². The van der Waals surface area contributed by atoms with Gasteiger partial charge in [0.25, 0.3) is 0 Å². The Balaban J connectivity index is 2.23. The molecule has 2 bridgehead atoms. The molecule has 0 saturated carbocycles. The first-order chi connectivity index (χ1) is 10.0. The minimum Gasteiger partial charge on any atom is -0.481 e. The van der Waals surface area contributed by atoms with Crippen molar-refractivity contribution in [3.8, 4) is 5.88 Å². The van der Waals surface area contributed by atoms with E-state index in [2.05, 4.69) is 4.98 Å². The second kappa shape index (κ2) is 4.84. The van der Waals surface area contributed by atoms with E-state index in [0.29, 0.717) is 18.7 Å². The Hall–Kier alpha value is -1.88. The topological polar surface area (TPSA) is 68.7 Å². The summed E-state index contributed by atoms with van der Waals surface area (Å²) in [5.41, 5.74) is 1.60. The quantitative estimate of drug-likeness (QED) is 0.658. The van der Waals surface area contributed by atoms with Crippen molar-refractivity contribution >= 4 is 5.97 Å². The molecule has 1 heterocycles. The fraction of sp³-hybridized carbons (Fsp3) is 0.500. The van der Waals surface area contributed by atoms with E-state index in [1.54, 1.807) is 13.2 Å². The van der Waals surface area contributed by atoms with E-state index in [1.165, 1.54) is 7.11 Å². The van der Waals surface area contributed by atoms with Crippen LogP contribution in [0, 0.1) is 5.92 Å². The summed E-state index contributed by atoms with van der Waals surface area (Å²) in [7, 11) is 2.92. The van der Waals surface area contributed by atoms with Crippen molar-refractivity contribution in [3.63, 3.8) is 0 Å². The van der Waals surface area contributed by atoms with Gasteiger partial charge in [0.05, 0.1) is 20.3 Å². The Morgan fingerprint density at radius 2 is 2.19 bits per heavy atom. The number of fused-ring (bicyclic) bond motifs is 4. The Bertz CT molecular complexity index is 625. The molecule has 3 atom stereocenters. The highest BCUT2D eigenvalue weighted by atomic mass is 16.5. The molecule has 0 saturated heterocycles. The molecule has 2 aliphatic carbocycles. The molecule has 0 radical (unpaired) electrons. The number of allylic oxidation sites excluding steroid dienone is 1. The van der Waals surface area contributed by atoms with Gasteiger partial charge in [0.15, 0.2) is 0 Å². The molecule has 1 N–H and O–H groups in total. The zero-order valence-electron chi connectivity index (χ0n) is 12.4. The van der Waals surface area contributed by atoms with Gasteiger partial charge in [0.2, 0.25) is 5.88 Å². The van der Waals surface area contributed by atoms with Crippen LogP contribution >= 0.6 is 0 Å². The number of aliphatic hydroxyl groups is 1. The molecule has 3 rings (SSSR count). The fourth-order valence-electron chi connectivity index (χ4n) is 3.72. The molecule has 0 spiro atoms. The van der Waals surface area contributed by atoms with Gasteiger partial charge in [-0.2, -0.15) is 0 Å². The minimum absolute atomic E-state index is 0.120. The number of aromatic nitrogens is 1. The van der Waals surface area contributed by atoms with Crippen LogP contribution in [-0.4, -0.2) is 36.4 Å². The average molecular weight is 289 g/mol. The van der Waals surface area contributed by atoms with Crippen molar-refractivity contribution in [1.29, 1.82) is 0 Å². The molecule has 2 aliphatic rings. The van der Waals surface area contributed by atoms with Crippen LogP contribution in [0.25, 0.3) is 0 Å². The number of carbonyl (C=O) groups is 1. The van der Waals surface area contributed by atoms with Crippen molar-refractivity contribution in [2.75, 3.05) is 14.2 Å². The van der Waals surface area contributed by atoms with Gasteiger partial charge in [-0.3, -0.25) is 4.79 Å². The number of hydrogen-bond acceptors (Lipinski definition) is 5. The number of carbonyl (C=O) groups excluding carboxylic acids is 1. The Morgan fingerprint density at radius 1 is 1.43 bits per heavy atom. The molecule has 3 unspecified atom stereocenters. The molecule has 0 amide bonds. The fourth-order valence-corrected chi connectivity index (χ4v) is 3.72. The third kappa shape index (κ3) is 1.87. The van der Waals surface area contributed by atoms with Crippen LogP contribution in [0.1, 0.15) is 24.6 Å². The van der Waals surface area contributed by atoms with E-state index >= 15 is 0 Å². The number of esters is 1. The molecule has 5 nitrogen and oxygen atoms in total. The number of nitrogens with zero attached hydrogens (tertiary/aromatic N) is 1.